The van der Waals surface area contributed by atoms with E-state index in [4.69, 9.17) is 9.47 Å². The van der Waals surface area contributed by atoms with E-state index in [9.17, 15) is 4.79 Å². The number of nitrogens with one attached hydrogen (secondary N) is 2. The van der Waals surface area contributed by atoms with Crippen LogP contribution < -0.4 is 20.1 Å². The molecule has 2 aromatic carbocycles. The van der Waals surface area contributed by atoms with E-state index in [-0.39, 0.29) is 37.0 Å². The van der Waals surface area contributed by atoms with Crippen LogP contribution in [0.3, 0.4) is 0 Å². The average Bonchev–Trinajstić information content (AvgIpc) is 2.68. The molecule has 3 rings (SSSR count). The smallest absolute Gasteiger partial charge is 0.258 e. The van der Waals surface area contributed by atoms with E-state index < -0.39 is 0 Å². The Morgan fingerprint density at radius 1 is 1.07 bits per heavy atom. The topological polar surface area (TPSA) is 59.6 Å². The molecule has 5 nitrogen and oxygen atoms in total. The largest absolute Gasteiger partial charge is 0.485 e. The van der Waals surface area contributed by atoms with Gasteiger partial charge in [0.15, 0.2) is 18.1 Å². The van der Waals surface area contributed by atoms with Crippen LogP contribution in [0, 0.1) is 0 Å². The number of piperidine rings is 1. The van der Waals surface area contributed by atoms with Crippen molar-refractivity contribution < 1.29 is 14.3 Å². The standard InChI is InChI=1S/C21H26N2O3.ClH/c1-16-18(10-7-13-22-16)23-21(24)15-26-20-12-6-5-11-19(20)25-14-17-8-3-2-4-9-17;/h2-6,8-9,11-12,16,18,22H,7,10,13-15H2,1H3,(H,23,24);1H. The Morgan fingerprint density at radius 3 is 2.44 bits per heavy atom. The van der Waals surface area contributed by atoms with Gasteiger partial charge in [0, 0.05) is 12.1 Å². The van der Waals surface area contributed by atoms with Crippen molar-refractivity contribution in [1.82, 2.24) is 10.6 Å². The minimum atomic E-state index is -0.108. The molecule has 0 spiro atoms. The molecule has 1 heterocycles. The SMILES string of the molecule is CC1NCCCC1NC(=O)COc1ccccc1OCc1ccccc1.Cl. The third-order valence-corrected chi connectivity index (χ3v) is 4.55. The third kappa shape index (κ3) is 6.45. The number of amides is 1. The lowest BCUT2D eigenvalue weighted by atomic mass is 10.00. The predicted molar refractivity (Wildman–Crippen MR) is 109 cm³/mol. The van der Waals surface area contributed by atoms with Crippen LogP contribution in [-0.2, 0) is 11.4 Å². The van der Waals surface area contributed by atoms with Crippen molar-refractivity contribution in [2.75, 3.05) is 13.2 Å². The summed E-state index contributed by atoms with van der Waals surface area (Å²) < 4.78 is 11.6. The fourth-order valence-electron chi connectivity index (χ4n) is 3.06. The summed E-state index contributed by atoms with van der Waals surface area (Å²) in [5.41, 5.74) is 1.08. The average molecular weight is 391 g/mol. The van der Waals surface area contributed by atoms with Gasteiger partial charge in [-0.25, -0.2) is 0 Å². The van der Waals surface area contributed by atoms with Gasteiger partial charge in [0.05, 0.1) is 0 Å². The zero-order valence-corrected chi connectivity index (χ0v) is 16.3. The number of rotatable bonds is 7. The Balaban J connectivity index is 0.00000261. The van der Waals surface area contributed by atoms with E-state index in [1.165, 1.54) is 0 Å². The first kappa shape index (κ1) is 21.1. The van der Waals surface area contributed by atoms with Gasteiger partial charge in [0.2, 0.25) is 0 Å². The highest BCUT2D eigenvalue weighted by molar-refractivity contribution is 5.85. The number of para-hydroxylation sites is 2. The number of hydrogen-bond donors (Lipinski definition) is 2. The second-order valence-electron chi connectivity index (χ2n) is 6.57. The summed E-state index contributed by atoms with van der Waals surface area (Å²) in [6, 6.07) is 17.8. The molecule has 6 heteroatoms. The van der Waals surface area contributed by atoms with Crippen LogP contribution in [0.15, 0.2) is 54.6 Å². The van der Waals surface area contributed by atoms with Crippen LogP contribution in [-0.4, -0.2) is 31.1 Å². The van der Waals surface area contributed by atoms with Gasteiger partial charge < -0.3 is 20.1 Å². The highest BCUT2D eigenvalue weighted by atomic mass is 35.5. The molecule has 2 unspecified atom stereocenters. The summed E-state index contributed by atoms with van der Waals surface area (Å²) in [5, 5.41) is 6.43. The number of benzene rings is 2. The molecule has 1 saturated heterocycles. The van der Waals surface area contributed by atoms with E-state index in [2.05, 4.69) is 17.6 Å². The molecule has 2 aromatic rings. The molecular weight excluding hydrogens is 364 g/mol. The number of carbonyl (C=O) groups is 1. The number of carbonyl (C=O) groups excluding carboxylic acids is 1. The van der Waals surface area contributed by atoms with E-state index >= 15 is 0 Å². The normalized spacial score (nSPS) is 18.9. The van der Waals surface area contributed by atoms with Crippen LogP contribution in [0.4, 0.5) is 0 Å². The molecule has 1 aliphatic rings. The molecule has 0 saturated carbocycles. The predicted octanol–water partition coefficient (Wildman–Crippen LogP) is 3.32. The van der Waals surface area contributed by atoms with Gasteiger partial charge in [-0.15, -0.1) is 12.4 Å². The Labute approximate surface area is 166 Å². The van der Waals surface area contributed by atoms with Crippen LogP contribution in [0.5, 0.6) is 11.5 Å². The summed E-state index contributed by atoms with van der Waals surface area (Å²) in [5.74, 6) is 1.11. The van der Waals surface area contributed by atoms with Crippen LogP contribution in [0.1, 0.15) is 25.3 Å². The summed E-state index contributed by atoms with van der Waals surface area (Å²) >= 11 is 0. The van der Waals surface area contributed by atoms with Crippen molar-refractivity contribution >= 4 is 18.3 Å². The minimum absolute atomic E-state index is 0. The third-order valence-electron chi connectivity index (χ3n) is 4.55. The van der Waals surface area contributed by atoms with Gasteiger partial charge >= 0.3 is 0 Å². The lowest BCUT2D eigenvalue weighted by Gasteiger charge is -2.30. The fourth-order valence-corrected chi connectivity index (χ4v) is 3.06. The van der Waals surface area contributed by atoms with E-state index in [0.717, 1.165) is 24.9 Å². The van der Waals surface area contributed by atoms with Crippen molar-refractivity contribution in [3.8, 4) is 11.5 Å². The monoisotopic (exact) mass is 390 g/mol. The zero-order chi connectivity index (χ0) is 18.2. The Kier molecular flexibility index (Phi) is 8.43. The molecule has 0 aromatic heterocycles. The number of hydrogen-bond acceptors (Lipinski definition) is 4. The molecule has 0 aliphatic carbocycles. The minimum Gasteiger partial charge on any atom is -0.485 e. The first-order valence-electron chi connectivity index (χ1n) is 9.13. The lowest BCUT2D eigenvalue weighted by Crippen LogP contribution is -2.52. The highest BCUT2D eigenvalue weighted by Gasteiger charge is 2.22. The van der Waals surface area contributed by atoms with Crippen molar-refractivity contribution in [1.29, 1.82) is 0 Å². The number of ether oxygens (including phenoxy) is 2. The Bertz CT molecular complexity index is 712. The van der Waals surface area contributed by atoms with Crippen LogP contribution >= 0.6 is 12.4 Å². The van der Waals surface area contributed by atoms with Crippen LogP contribution in [0.2, 0.25) is 0 Å². The molecular formula is C21H27ClN2O3. The maximum Gasteiger partial charge on any atom is 0.258 e. The molecule has 27 heavy (non-hydrogen) atoms. The second kappa shape index (κ2) is 10.8. The molecule has 1 aliphatic heterocycles. The van der Waals surface area contributed by atoms with Gasteiger partial charge in [0.25, 0.3) is 5.91 Å². The van der Waals surface area contributed by atoms with Gasteiger partial charge in [-0.1, -0.05) is 42.5 Å². The molecule has 2 N–H and O–H groups in total. The highest BCUT2D eigenvalue weighted by Crippen LogP contribution is 2.27. The number of halogens is 1. The molecule has 1 fully saturated rings. The summed E-state index contributed by atoms with van der Waals surface area (Å²) in [6.07, 6.45) is 2.07. The van der Waals surface area contributed by atoms with Gasteiger partial charge in [-0.3, -0.25) is 4.79 Å². The van der Waals surface area contributed by atoms with Gasteiger partial charge in [0.1, 0.15) is 6.61 Å². The fraction of sp³-hybridized carbons (Fsp3) is 0.381. The first-order chi connectivity index (χ1) is 12.7. The maximum absolute atomic E-state index is 12.2. The van der Waals surface area contributed by atoms with Crippen molar-refractivity contribution in [3.63, 3.8) is 0 Å². The Morgan fingerprint density at radius 2 is 1.74 bits per heavy atom. The van der Waals surface area contributed by atoms with Crippen LogP contribution in [0.25, 0.3) is 0 Å². The second-order valence-corrected chi connectivity index (χ2v) is 6.57. The summed E-state index contributed by atoms with van der Waals surface area (Å²) in [6.45, 7) is 3.54. The maximum atomic E-state index is 12.2. The van der Waals surface area contributed by atoms with Crippen molar-refractivity contribution in [2.24, 2.45) is 0 Å². The molecule has 146 valence electrons. The van der Waals surface area contributed by atoms with Crippen molar-refractivity contribution in [3.05, 3.63) is 60.2 Å². The van der Waals surface area contributed by atoms with Gasteiger partial charge in [-0.05, 0) is 44.0 Å². The van der Waals surface area contributed by atoms with E-state index in [0.29, 0.717) is 18.1 Å². The van der Waals surface area contributed by atoms with Crippen molar-refractivity contribution in [2.45, 2.75) is 38.5 Å². The van der Waals surface area contributed by atoms with Gasteiger partial charge in [-0.2, -0.15) is 0 Å². The van der Waals surface area contributed by atoms with E-state index in [1.54, 1.807) is 0 Å². The molecule has 1 amide bonds. The molecule has 0 bridgehead atoms. The quantitative estimate of drug-likeness (QED) is 0.761. The first-order valence-corrected chi connectivity index (χ1v) is 9.13. The van der Waals surface area contributed by atoms with E-state index in [1.807, 2.05) is 54.6 Å². The lowest BCUT2D eigenvalue weighted by molar-refractivity contribution is -0.124. The Hall–Kier alpha value is -2.24. The summed E-state index contributed by atoms with van der Waals surface area (Å²) in [4.78, 5) is 12.2. The molecule has 2 atom stereocenters. The zero-order valence-electron chi connectivity index (χ0n) is 15.5. The summed E-state index contributed by atoms with van der Waals surface area (Å²) in [7, 11) is 0. The molecule has 0 radical (unpaired) electrons.